The second-order valence-corrected chi connectivity index (χ2v) is 9.18. The van der Waals surface area contributed by atoms with Gasteiger partial charge in [-0.1, -0.05) is 30.3 Å². The number of piperazine rings is 1. The van der Waals surface area contributed by atoms with Crippen LogP contribution < -0.4 is 5.32 Å². The summed E-state index contributed by atoms with van der Waals surface area (Å²) in [4.78, 5) is 31.5. The second kappa shape index (κ2) is 10.6. The van der Waals surface area contributed by atoms with Crippen molar-refractivity contribution in [3.63, 3.8) is 0 Å². The Kier molecular flexibility index (Phi) is 7.58. The van der Waals surface area contributed by atoms with E-state index in [9.17, 15) is 9.59 Å². The third-order valence-electron chi connectivity index (χ3n) is 7.11. The average Bonchev–Trinajstić information content (AvgIpc) is 3.36. The summed E-state index contributed by atoms with van der Waals surface area (Å²) in [5, 5.41) is 3.21. The average molecular weight is 429 g/mol. The summed E-state index contributed by atoms with van der Waals surface area (Å²) in [5.41, 5.74) is 1.25. The van der Waals surface area contributed by atoms with Crippen LogP contribution in [0, 0.1) is 0 Å². The maximum atomic E-state index is 12.7. The number of hydrogen-bond donors (Lipinski definition) is 1. The summed E-state index contributed by atoms with van der Waals surface area (Å²) in [7, 11) is 0. The smallest absolute Gasteiger partial charge is 0.236 e. The number of nitrogens with zero attached hydrogens (tertiary/aromatic N) is 3. The molecular formula is C24H36N4O3. The minimum atomic E-state index is -0.0379. The molecule has 0 bridgehead atoms. The van der Waals surface area contributed by atoms with Gasteiger partial charge >= 0.3 is 0 Å². The van der Waals surface area contributed by atoms with E-state index in [1.807, 2.05) is 11.0 Å². The lowest BCUT2D eigenvalue weighted by Gasteiger charge is -2.38. The van der Waals surface area contributed by atoms with Gasteiger partial charge in [-0.25, -0.2) is 0 Å². The Labute approximate surface area is 185 Å². The molecule has 0 aromatic heterocycles. The van der Waals surface area contributed by atoms with E-state index in [0.29, 0.717) is 19.6 Å². The van der Waals surface area contributed by atoms with Crippen LogP contribution >= 0.6 is 0 Å². The molecule has 7 nitrogen and oxygen atoms in total. The minimum absolute atomic E-state index is 0.0379. The number of benzene rings is 1. The van der Waals surface area contributed by atoms with Crippen molar-refractivity contribution in [3.8, 4) is 0 Å². The molecule has 3 aliphatic rings. The summed E-state index contributed by atoms with van der Waals surface area (Å²) in [5.74, 6) is 0.342. The Bertz CT molecular complexity index is 722. The van der Waals surface area contributed by atoms with Gasteiger partial charge in [-0.3, -0.25) is 19.4 Å². The van der Waals surface area contributed by atoms with Crippen molar-refractivity contribution in [1.29, 1.82) is 0 Å². The van der Waals surface area contributed by atoms with E-state index in [1.54, 1.807) is 0 Å². The lowest BCUT2D eigenvalue weighted by molar-refractivity contribution is -0.132. The summed E-state index contributed by atoms with van der Waals surface area (Å²) in [6.07, 6.45) is 4.13. The van der Waals surface area contributed by atoms with Crippen LogP contribution in [0.15, 0.2) is 30.3 Å². The van der Waals surface area contributed by atoms with Gasteiger partial charge in [0.1, 0.15) is 0 Å². The molecule has 0 atom stereocenters. The Morgan fingerprint density at radius 1 is 0.871 bits per heavy atom. The highest BCUT2D eigenvalue weighted by Crippen LogP contribution is 2.34. The molecule has 170 valence electrons. The first-order valence-corrected chi connectivity index (χ1v) is 11.8. The maximum absolute atomic E-state index is 12.7. The SMILES string of the molecule is O=C(CN1CCN(CC(=O)N2CCCC2)CC1)NCC1(c2ccccc2)CCOCC1. The molecule has 1 aromatic rings. The number of rotatable bonds is 7. The first kappa shape index (κ1) is 22.2. The van der Waals surface area contributed by atoms with Crippen molar-refractivity contribution in [2.24, 2.45) is 0 Å². The molecule has 7 heteroatoms. The third kappa shape index (κ3) is 5.84. The maximum Gasteiger partial charge on any atom is 0.236 e. The molecule has 0 unspecified atom stereocenters. The number of carbonyl (C=O) groups excluding carboxylic acids is 2. The molecule has 3 fully saturated rings. The molecule has 0 spiro atoms. The van der Waals surface area contributed by atoms with Gasteiger partial charge in [-0.2, -0.15) is 0 Å². The van der Waals surface area contributed by atoms with E-state index in [-0.39, 0.29) is 17.2 Å². The van der Waals surface area contributed by atoms with Crippen LogP contribution in [-0.4, -0.2) is 98.6 Å². The summed E-state index contributed by atoms with van der Waals surface area (Å²) >= 11 is 0. The monoisotopic (exact) mass is 428 g/mol. The van der Waals surface area contributed by atoms with Gasteiger partial charge in [0, 0.05) is 64.4 Å². The van der Waals surface area contributed by atoms with Gasteiger partial charge in [0.05, 0.1) is 13.1 Å². The van der Waals surface area contributed by atoms with Crippen LogP contribution in [0.3, 0.4) is 0 Å². The highest BCUT2D eigenvalue weighted by molar-refractivity contribution is 5.79. The Morgan fingerprint density at radius 3 is 2.13 bits per heavy atom. The zero-order valence-electron chi connectivity index (χ0n) is 18.6. The molecule has 4 rings (SSSR count). The van der Waals surface area contributed by atoms with E-state index in [0.717, 1.165) is 78.2 Å². The van der Waals surface area contributed by atoms with Gasteiger partial charge in [0.15, 0.2) is 0 Å². The minimum Gasteiger partial charge on any atom is -0.381 e. The molecule has 1 N–H and O–H groups in total. The Morgan fingerprint density at radius 2 is 1.48 bits per heavy atom. The number of carbonyl (C=O) groups is 2. The predicted molar refractivity (Wildman–Crippen MR) is 120 cm³/mol. The second-order valence-electron chi connectivity index (χ2n) is 9.18. The predicted octanol–water partition coefficient (Wildman–Crippen LogP) is 1.09. The first-order valence-electron chi connectivity index (χ1n) is 11.8. The van der Waals surface area contributed by atoms with Crippen LogP contribution in [0.1, 0.15) is 31.2 Å². The molecule has 3 saturated heterocycles. The number of amides is 2. The first-order chi connectivity index (χ1) is 15.1. The topological polar surface area (TPSA) is 65.1 Å². The van der Waals surface area contributed by atoms with Gasteiger partial charge < -0.3 is 15.0 Å². The number of likely N-dealkylation sites (tertiary alicyclic amines) is 1. The summed E-state index contributed by atoms with van der Waals surface area (Å²) in [6, 6.07) is 10.5. The Hall–Kier alpha value is -1.96. The molecule has 0 saturated carbocycles. The van der Waals surface area contributed by atoms with Gasteiger partial charge in [-0.15, -0.1) is 0 Å². The van der Waals surface area contributed by atoms with Crippen LogP contribution in [0.2, 0.25) is 0 Å². The van der Waals surface area contributed by atoms with Crippen LogP contribution in [0.4, 0.5) is 0 Å². The molecule has 3 aliphatic heterocycles. The number of nitrogens with one attached hydrogen (secondary N) is 1. The van der Waals surface area contributed by atoms with Crippen molar-refractivity contribution in [3.05, 3.63) is 35.9 Å². The quantitative estimate of drug-likeness (QED) is 0.704. The van der Waals surface area contributed by atoms with Gasteiger partial charge in [0.2, 0.25) is 11.8 Å². The molecule has 3 heterocycles. The molecule has 31 heavy (non-hydrogen) atoms. The fraction of sp³-hybridized carbons (Fsp3) is 0.667. The summed E-state index contributed by atoms with van der Waals surface area (Å²) < 4.78 is 5.59. The molecule has 0 aliphatic carbocycles. The molecular weight excluding hydrogens is 392 g/mol. The molecule has 1 aromatic carbocycles. The largest absolute Gasteiger partial charge is 0.381 e. The number of hydrogen-bond acceptors (Lipinski definition) is 5. The standard InChI is InChI=1S/C24H36N4O3/c29-22(25-20-24(8-16-31-17-9-24)21-6-2-1-3-7-21)18-26-12-14-27(15-13-26)19-23(30)28-10-4-5-11-28/h1-3,6-7H,4-5,8-20H2,(H,25,29). The van der Waals surface area contributed by atoms with Crippen molar-refractivity contribution >= 4 is 11.8 Å². The van der Waals surface area contributed by atoms with Gasteiger partial charge in [0.25, 0.3) is 0 Å². The van der Waals surface area contributed by atoms with Crippen LogP contribution in [0.5, 0.6) is 0 Å². The van der Waals surface area contributed by atoms with Crippen molar-refractivity contribution in [1.82, 2.24) is 20.0 Å². The zero-order chi connectivity index (χ0) is 21.5. The zero-order valence-corrected chi connectivity index (χ0v) is 18.6. The highest BCUT2D eigenvalue weighted by atomic mass is 16.5. The number of ether oxygens (including phenoxy) is 1. The highest BCUT2D eigenvalue weighted by Gasteiger charge is 2.35. The van der Waals surface area contributed by atoms with E-state index in [2.05, 4.69) is 39.4 Å². The normalized spacial score (nSPS) is 22.4. The third-order valence-corrected chi connectivity index (χ3v) is 7.11. The fourth-order valence-corrected chi connectivity index (χ4v) is 5.01. The lowest BCUT2D eigenvalue weighted by Crippen LogP contribution is -2.52. The lowest BCUT2D eigenvalue weighted by atomic mass is 9.74. The fourth-order valence-electron chi connectivity index (χ4n) is 5.01. The van der Waals surface area contributed by atoms with Crippen LogP contribution in [-0.2, 0) is 19.7 Å². The summed E-state index contributed by atoms with van der Waals surface area (Å²) in [6.45, 7) is 8.25. The van der Waals surface area contributed by atoms with E-state index in [4.69, 9.17) is 4.74 Å². The van der Waals surface area contributed by atoms with Gasteiger partial charge in [-0.05, 0) is 31.2 Å². The van der Waals surface area contributed by atoms with Crippen molar-refractivity contribution in [2.45, 2.75) is 31.1 Å². The van der Waals surface area contributed by atoms with E-state index < -0.39 is 0 Å². The van der Waals surface area contributed by atoms with Crippen molar-refractivity contribution < 1.29 is 14.3 Å². The van der Waals surface area contributed by atoms with E-state index in [1.165, 1.54) is 5.56 Å². The molecule has 0 radical (unpaired) electrons. The molecule has 2 amide bonds. The van der Waals surface area contributed by atoms with Crippen molar-refractivity contribution in [2.75, 3.05) is 72.1 Å². The van der Waals surface area contributed by atoms with E-state index >= 15 is 0 Å². The Balaban J connectivity index is 1.21. The van der Waals surface area contributed by atoms with Crippen LogP contribution in [0.25, 0.3) is 0 Å².